The van der Waals surface area contributed by atoms with Gasteiger partial charge in [-0.3, -0.25) is 0 Å². The van der Waals surface area contributed by atoms with Crippen molar-refractivity contribution in [3.05, 3.63) is 69.3 Å². The van der Waals surface area contributed by atoms with Crippen molar-refractivity contribution in [1.29, 1.82) is 0 Å². The number of fused-ring (bicyclic) bond motifs is 3. The molecule has 1 fully saturated rings. The molecular formula is C33H40F4. The Balaban J connectivity index is 1.29. The van der Waals surface area contributed by atoms with Gasteiger partial charge in [0.15, 0.2) is 23.3 Å². The van der Waals surface area contributed by atoms with Crippen LogP contribution in [0.15, 0.2) is 23.8 Å². The maximum absolute atomic E-state index is 15.4. The van der Waals surface area contributed by atoms with Crippen LogP contribution in [-0.4, -0.2) is 0 Å². The average Bonchev–Trinajstić information content (AvgIpc) is 3.28. The molecule has 0 saturated heterocycles. The number of halogens is 4. The van der Waals surface area contributed by atoms with Gasteiger partial charge in [-0.05, 0) is 111 Å². The van der Waals surface area contributed by atoms with Gasteiger partial charge in [-0.2, -0.15) is 0 Å². The second kappa shape index (κ2) is 11.3. The van der Waals surface area contributed by atoms with Gasteiger partial charge in [-0.15, -0.1) is 0 Å². The van der Waals surface area contributed by atoms with Crippen LogP contribution in [0.3, 0.4) is 0 Å². The van der Waals surface area contributed by atoms with Crippen LogP contribution < -0.4 is 0 Å². The molecule has 0 heterocycles. The molecule has 3 aliphatic carbocycles. The molecule has 0 spiro atoms. The lowest BCUT2D eigenvalue weighted by Gasteiger charge is -2.36. The van der Waals surface area contributed by atoms with Crippen LogP contribution in [-0.2, 0) is 12.8 Å². The van der Waals surface area contributed by atoms with Gasteiger partial charge in [0.05, 0.1) is 0 Å². The van der Waals surface area contributed by atoms with E-state index in [1.165, 1.54) is 44.9 Å². The Morgan fingerprint density at radius 1 is 0.703 bits per heavy atom. The summed E-state index contributed by atoms with van der Waals surface area (Å²) in [5.74, 6) is -2.50. The summed E-state index contributed by atoms with van der Waals surface area (Å²) in [4.78, 5) is 0. The summed E-state index contributed by atoms with van der Waals surface area (Å²) in [6.07, 6.45) is 16.5. The number of hydrogen-bond acceptors (Lipinski definition) is 0. The number of unbranched alkanes of at least 4 members (excludes halogenated alkanes) is 2. The molecule has 37 heavy (non-hydrogen) atoms. The van der Waals surface area contributed by atoms with Crippen molar-refractivity contribution in [3.8, 4) is 11.1 Å². The van der Waals surface area contributed by atoms with E-state index in [4.69, 9.17) is 0 Å². The van der Waals surface area contributed by atoms with Crippen molar-refractivity contribution in [1.82, 2.24) is 0 Å². The molecule has 0 nitrogen and oxygen atoms in total. The zero-order valence-corrected chi connectivity index (χ0v) is 22.4. The molecule has 200 valence electrons. The maximum Gasteiger partial charge on any atom is 0.167 e. The van der Waals surface area contributed by atoms with Gasteiger partial charge < -0.3 is 0 Å². The number of aryl methyl sites for hydroxylation is 1. The first kappa shape index (κ1) is 26.5. The molecular weight excluding hydrogens is 472 g/mol. The number of hydrogen-bond donors (Lipinski definition) is 0. The largest absolute Gasteiger partial charge is 0.203 e. The quantitative estimate of drug-likeness (QED) is 0.160. The van der Waals surface area contributed by atoms with Crippen LogP contribution in [0.4, 0.5) is 17.6 Å². The van der Waals surface area contributed by atoms with Crippen molar-refractivity contribution in [3.63, 3.8) is 0 Å². The fraction of sp³-hybridized carbons (Fsp3) is 0.576. The van der Waals surface area contributed by atoms with E-state index >= 15 is 8.78 Å². The van der Waals surface area contributed by atoms with Crippen LogP contribution in [0.2, 0.25) is 0 Å². The van der Waals surface area contributed by atoms with Crippen LogP contribution >= 0.6 is 0 Å². The summed E-state index contributed by atoms with van der Waals surface area (Å²) < 4.78 is 60.4. The lowest BCUT2D eigenvalue weighted by molar-refractivity contribution is 0.215. The summed E-state index contributed by atoms with van der Waals surface area (Å²) >= 11 is 0. The topological polar surface area (TPSA) is 0 Å². The first-order valence-corrected chi connectivity index (χ1v) is 14.6. The number of benzene rings is 2. The summed E-state index contributed by atoms with van der Waals surface area (Å²) in [7, 11) is 0. The minimum Gasteiger partial charge on any atom is -0.203 e. The van der Waals surface area contributed by atoms with E-state index in [1.54, 1.807) is 17.7 Å². The number of allylic oxidation sites excluding steroid dienone is 2. The van der Waals surface area contributed by atoms with Crippen LogP contribution in [0, 0.1) is 35.1 Å². The Kier molecular flexibility index (Phi) is 8.12. The molecule has 5 rings (SSSR count). The first-order valence-electron chi connectivity index (χ1n) is 14.6. The van der Waals surface area contributed by atoms with Crippen LogP contribution in [0.25, 0.3) is 11.1 Å². The zero-order valence-electron chi connectivity index (χ0n) is 22.4. The van der Waals surface area contributed by atoms with Crippen molar-refractivity contribution >= 4 is 0 Å². The zero-order chi connectivity index (χ0) is 26.1. The second-order valence-electron chi connectivity index (χ2n) is 11.7. The van der Waals surface area contributed by atoms with Gasteiger partial charge in [0.25, 0.3) is 0 Å². The van der Waals surface area contributed by atoms with Crippen molar-refractivity contribution in [2.24, 2.45) is 11.8 Å². The van der Waals surface area contributed by atoms with Gasteiger partial charge in [0.2, 0.25) is 0 Å². The summed E-state index contributed by atoms with van der Waals surface area (Å²) in [5.41, 5.74) is 3.37. The molecule has 4 heteroatoms. The lowest BCUT2D eigenvalue weighted by atomic mass is 9.70. The van der Waals surface area contributed by atoms with Crippen molar-refractivity contribution in [2.45, 2.75) is 110 Å². The fourth-order valence-electron chi connectivity index (χ4n) is 7.28. The Morgan fingerprint density at radius 2 is 1.41 bits per heavy atom. The minimum absolute atomic E-state index is 0.0132. The van der Waals surface area contributed by atoms with Gasteiger partial charge in [0, 0.05) is 11.1 Å². The van der Waals surface area contributed by atoms with E-state index < -0.39 is 23.3 Å². The highest BCUT2D eigenvalue weighted by atomic mass is 19.2. The maximum atomic E-state index is 15.4. The molecule has 0 aliphatic heterocycles. The summed E-state index contributed by atoms with van der Waals surface area (Å²) in [5, 5.41) is 0. The van der Waals surface area contributed by atoms with Crippen LogP contribution in [0.1, 0.15) is 119 Å². The van der Waals surface area contributed by atoms with E-state index in [2.05, 4.69) is 13.0 Å². The molecule has 0 radical (unpaired) electrons. The summed E-state index contributed by atoms with van der Waals surface area (Å²) in [6, 6.07) is 3.40. The average molecular weight is 513 g/mol. The SMILES string of the molecule is CCCCCC1=CCC(C2CCC(c3cc4c(c(F)c3F)-c3c(cc(CCC)c(F)c3F)C4)CC2)CC1. The van der Waals surface area contributed by atoms with Gasteiger partial charge in [0.1, 0.15) is 0 Å². The van der Waals surface area contributed by atoms with E-state index in [0.717, 1.165) is 25.7 Å². The fourth-order valence-corrected chi connectivity index (χ4v) is 7.28. The third-order valence-corrected chi connectivity index (χ3v) is 9.36. The molecule has 0 bridgehead atoms. The third-order valence-electron chi connectivity index (χ3n) is 9.36. The third kappa shape index (κ3) is 5.14. The predicted molar refractivity (Wildman–Crippen MR) is 143 cm³/mol. The molecule has 1 unspecified atom stereocenters. The Bertz CT molecular complexity index is 1170. The lowest BCUT2D eigenvalue weighted by Crippen LogP contribution is -2.23. The monoisotopic (exact) mass is 512 g/mol. The number of rotatable bonds is 8. The molecule has 0 aromatic heterocycles. The molecule has 1 atom stereocenters. The minimum atomic E-state index is -1.04. The van der Waals surface area contributed by atoms with E-state index in [0.29, 0.717) is 53.4 Å². The standard InChI is InChI=1S/C33H40F4/c1-3-5-6-8-20-9-11-21(12-10-20)22-13-15-23(16-14-22)27-19-26-18-25-17-24(7-4-2)30(34)32(36)28(25)29(26)33(37)31(27)35/h9,17,19,21-23H,3-8,10-16,18H2,1-2H3. The first-order chi connectivity index (χ1) is 17.9. The highest BCUT2D eigenvalue weighted by molar-refractivity contribution is 5.79. The molecule has 2 aromatic rings. The molecule has 0 N–H and O–H groups in total. The smallest absolute Gasteiger partial charge is 0.167 e. The van der Waals surface area contributed by atoms with Gasteiger partial charge in [-0.1, -0.05) is 56.9 Å². The highest BCUT2D eigenvalue weighted by Crippen LogP contribution is 2.48. The molecule has 1 saturated carbocycles. The Morgan fingerprint density at radius 3 is 2.05 bits per heavy atom. The van der Waals surface area contributed by atoms with Gasteiger partial charge in [-0.25, -0.2) is 17.6 Å². The van der Waals surface area contributed by atoms with Gasteiger partial charge >= 0.3 is 0 Å². The van der Waals surface area contributed by atoms with Crippen molar-refractivity contribution in [2.75, 3.05) is 0 Å². The van der Waals surface area contributed by atoms with Crippen molar-refractivity contribution < 1.29 is 17.6 Å². The Hall–Kier alpha value is -2.10. The Labute approximate surface area is 219 Å². The normalized spacial score (nSPS) is 23.1. The highest BCUT2D eigenvalue weighted by Gasteiger charge is 2.35. The van der Waals surface area contributed by atoms with Crippen LogP contribution in [0.5, 0.6) is 0 Å². The van der Waals surface area contributed by atoms with E-state index in [-0.39, 0.29) is 17.0 Å². The molecule has 0 amide bonds. The van der Waals surface area contributed by atoms with E-state index in [9.17, 15) is 8.78 Å². The van der Waals surface area contributed by atoms with E-state index in [1.807, 2.05) is 6.92 Å². The molecule has 3 aliphatic rings. The second-order valence-corrected chi connectivity index (χ2v) is 11.7. The molecule has 2 aromatic carbocycles. The predicted octanol–water partition coefficient (Wildman–Crippen LogP) is 10.3. The summed E-state index contributed by atoms with van der Waals surface area (Å²) in [6.45, 7) is 4.15.